The van der Waals surface area contributed by atoms with E-state index >= 15 is 0 Å². The number of carbonyl (C=O) groups is 1. The Balaban J connectivity index is 2.50. The summed E-state index contributed by atoms with van der Waals surface area (Å²) in [4.78, 5) is 19.2. The fourth-order valence-corrected chi connectivity index (χ4v) is 1.13. The zero-order valence-corrected chi connectivity index (χ0v) is 10.1. The number of nitrogens with zero attached hydrogens (tertiary/aromatic N) is 2. The quantitative estimate of drug-likeness (QED) is 0.445. The third-order valence-corrected chi connectivity index (χ3v) is 2.03. The first-order chi connectivity index (χ1) is 8.26. The number of hydrogen-bond acceptors (Lipinski definition) is 4. The predicted molar refractivity (Wildman–Crippen MR) is 67.5 cm³/mol. The number of rotatable bonds is 5. The molecule has 0 fully saturated rings. The van der Waals surface area contributed by atoms with E-state index in [0.29, 0.717) is 12.4 Å². The lowest BCUT2D eigenvalue weighted by Crippen LogP contribution is -1.98. The average molecular weight is 232 g/mol. The van der Waals surface area contributed by atoms with Gasteiger partial charge in [0.15, 0.2) is 5.82 Å². The normalized spacial score (nSPS) is 11.2. The standard InChI is InChI=1S/C13H16N2O2/c1-3-11-7-8-12(15-10-11)14-9-5-6-13(16)17-4-2/h5-10H,3-4H2,1-2H3/b6-5+,14-9?. The number of allylic oxidation sites excluding steroid dienone is 1. The highest BCUT2D eigenvalue weighted by Gasteiger charge is 1.92. The molecule has 4 nitrogen and oxygen atoms in total. The van der Waals surface area contributed by atoms with Gasteiger partial charge in [-0.2, -0.15) is 0 Å². The molecule has 0 spiro atoms. The number of aryl methyl sites for hydroxylation is 1. The number of esters is 1. The Kier molecular flexibility index (Phi) is 5.64. The zero-order chi connectivity index (χ0) is 12.5. The number of aromatic nitrogens is 1. The van der Waals surface area contributed by atoms with Crippen molar-refractivity contribution in [1.29, 1.82) is 0 Å². The van der Waals surface area contributed by atoms with E-state index in [9.17, 15) is 4.79 Å². The van der Waals surface area contributed by atoms with Gasteiger partial charge in [-0.3, -0.25) is 0 Å². The Bertz CT molecular complexity index is 408. The fraction of sp³-hybridized carbons (Fsp3) is 0.308. The molecule has 0 saturated carbocycles. The molecule has 0 aromatic carbocycles. The third-order valence-electron chi connectivity index (χ3n) is 2.03. The smallest absolute Gasteiger partial charge is 0.330 e. The summed E-state index contributed by atoms with van der Waals surface area (Å²) in [6.45, 7) is 4.21. The van der Waals surface area contributed by atoms with Gasteiger partial charge in [-0.15, -0.1) is 0 Å². The lowest BCUT2D eigenvalue weighted by Gasteiger charge is -1.95. The number of aliphatic imine (C=N–C) groups is 1. The number of ether oxygens (including phenoxy) is 1. The molecular weight excluding hydrogens is 216 g/mol. The minimum absolute atomic E-state index is 0.367. The van der Waals surface area contributed by atoms with Gasteiger partial charge in [0, 0.05) is 18.5 Å². The summed E-state index contributed by atoms with van der Waals surface area (Å²) in [6.07, 6.45) is 7.13. The van der Waals surface area contributed by atoms with Crippen LogP contribution in [0.2, 0.25) is 0 Å². The van der Waals surface area contributed by atoms with E-state index in [1.165, 1.54) is 23.9 Å². The minimum Gasteiger partial charge on any atom is -0.463 e. The molecule has 0 aliphatic carbocycles. The van der Waals surface area contributed by atoms with Crippen molar-refractivity contribution in [3.63, 3.8) is 0 Å². The zero-order valence-electron chi connectivity index (χ0n) is 10.1. The summed E-state index contributed by atoms with van der Waals surface area (Å²) in [5, 5.41) is 0. The van der Waals surface area contributed by atoms with Gasteiger partial charge in [0.1, 0.15) is 0 Å². The molecule has 17 heavy (non-hydrogen) atoms. The molecule has 1 rings (SSSR count). The fourth-order valence-electron chi connectivity index (χ4n) is 1.13. The van der Waals surface area contributed by atoms with Crippen molar-refractivity contribution in [3.8, 4) is 0 Å². The van der Waals surface area contributed by atoms with Crippen molar-refractivity contribution in [3.05, 3.63) is 36.0 Å². The first-order valence-corrected chi connectivity index (χ1v) is 5.58. The van der Waals surface area contributed by atoms with Crippen LogP contribution in [0.4, 0.5) is 5.82 Å². The van der Waals surface area contributed by atoms with Gasteiger partial charge in [-0.25, -0.2) is 14.8 Å². The van der Waals surface area contributed by atoms with E-state index < -0.39 is 0 Å². The van der Waals surface area contributed by atoms with Crippen LogP contribution >= 0.6 is 0 Å². The maximum absolute atomic E-state index is 11.0. The second-order valence-electron chi connectivity index (χ2n) is 3.27. The van der Waals surface area contributed by atoms with Crippen molar-refractivity contribution >= 4 is 18.0 Å². The van der Waals surface area contributed by atoms with Gasteiger partial charge in [-0.1, -0.05) is 13.0 Å². The van der Waals surface area contributed by atoms with Gasteiger partial charge in [0.05, 0.1) is 6.61 Å². The molecule has 0 N–H and O–H groups in total. The molecule has 1 aromatic rings. The maximum atomic E-state index is 11.0. The Morgan fingerprint density at radius 1 is 1.47 bits per heavy atom. The second-order valence-corrected chi connectivity index (χ2v) is 3.27. The van der Waals surface area contributed by atoms with Gasteiger partial charge in [-0.05, 0) is 31.1 Å². The van der Waals surface area contributed by atoms with E-state index in [0.717, 1.165) is 6.42 Å². The monoisotopic (exact) mass is 232 g/mol. The lowest BCUT2D eigenvalue weighted by molar-refractivity contribution is -0.137. The Labute approximate surface area is 101 Å². The summed E-state index contributed by atoms with van der Waals surface area (Å²) in [5.41, 5.74) is 1.17. The first kappa shape index (κ1) is 13.1. The Hall–Kier alpha value is -1.97. The van der Waals surface area contributed by atoms with E-state index in [1.54, 1.807) is 13.1 Å². The summed E-state index contributed by atoms with van der Waals surface area (Å²) in [6, 6.07) is 3.82. The van der Waals surface area contributed by atoms with Crippen LogP contribution in [0.15, 0.2) is 35.5 Å². The average Bonchev–Trinajstić information content (AvgIpc) is 2.36. The van der Waals surface area contributed by atoms with Crippen LogP contribution in [0.3, 0.4) is 0 Å². The molecule has 0 bridgehead atoms. The second kappa shape index (κ2) is 7.33. The van der Waals surface area contributed by atoms with Crippen LogP contribution in [0, 0.1) is 0 Å². The Morgan fingerprint density at radius 3 is 2.88 bits per heavy atom. The summed E-state index contributed by atoms with van der Waals surface area (Å²) in [5.74, 6) is 0.254. The molecule has 0 atom stereocenters. The number of pyridine rings is 1. The van der Waals surface area contributed by atoms with Crippen LogP contribution in [0.25, 0.3) is 0 Å². The highest BCUT2D eigenvalue weighted by Crippen LogP contribution is 2.07. The van der Waals surface area contributed by atoms with E-state index in [4.69, 9.17) is 4.74 Å². The summed E-state index contributed by atoms with van der Waals surface area (Å²) >= 11 is 0. The number of carbonyl (C=O) groups excluding carboxylic acids is 1. The van der Waals surface area contributed by atoms with Crippen LogP contribution in [-0.2, 0) is 16.0 Å². The molecule has 0 amide bonds. The van der Waals surface area contributed by atoms with Crippen LogP contribution in [0.5, 0.6) is 0 Å². The summed E-state index contributed by atoms with van der Waals surface area (Å²) < 4.78 is 4.72. The van der Waals surface area contributed by atoms with Crippen molar-refractivity contribution in [2.24, 2.45) is 4.99 Å². The molecule has 1 aromatic heterocycles. The summed E-state index contributed by atoms with van der Waals surface area (Å²) in [7, 11) is 0. The van der Waals surface area contributed by atoms with Crippen molar-refractivity contribution in [1.82, 2.24) is 4.98 Å². The van der Waals surface area contributed by atoms with E-state index in [-0.39, 0.29) is 5.97 Å². The number of hydrogen-bond donors (Lipinski definition) is 0. The predicted octanol–water partition coefficient (Wildman–Crippen LogP) is 2.47. The van der Waals surface area contributed by atoms with E-state index in [1.807, 2.05) is 12.1 Å². The highest BCUT2D eigenvalue weighted by molar-refractivity contribution is 5.88. The SMILES string of the molecule is CCOC(=O)/C=C/C=Nc1ccc(CC)cn1. The lowest BCUT2D eigenvalue weighted by atomic mass is 10.2. The van der Waals surface area contributed by atoms with Crippen molar-refractivity contribution < 1.29 is 9.53 Å². The Morgan fingerprint density at radius 2 is 2.29 bits per heavy atom. The van der Waals surface area contributed by atoms with Gasteiger partial charge >= 0.3 is 5.97 Å². The van der Waals surface area contributed by atoms with Crippen LogP contribution in [0.1, 0.15) is 19.4 Å². The van der Waals surface area contributed by atoms with Gasteiger partial charge in [0.25, 0.3) is 0 Å². The molecule has 0 unspecified atom stereocenters. The maximum Gasteiger partial charge on any atom is 0.330 e. The van der Waals surface area contributed by atoms with Crippen LogP contribution in [-0.4, -0.2) is 23.8 Å². The van der Waals surface area contributed by atoms with Crippen molar-refractivity contribution in [2.75, 3.05) is 6.61 Å². The topological polar surface area (TPSA) is 51.5 Å². The van der Waals surface area contributed by atoms with Crippen LogP contribution < -0.4 is 0 Å². The molecule has 90 valence electrons. The minimum atomic E-state index is -0.367. The van der Waals surface area contributed by atoms with Crippen molar-refractivity contribution in [2.45, 2.75) is 20.3 Å². The molecule has 0 aliphatic rings. The third kappa shape index (κ3) is 5.06. The highest BCUT2D eigenvalue weighted by atomic mass is 16.5. The molecular formula is C13H16N2O2. The van der Waals surface area contributed by atoms with Gasteiger partial charge < -0.3 is 4.74 Å². The largest absolute Gasteiger partial charge is 0.463 e. The first-order valence-electron chi connectivity index (χ1n) is 5.58. The molecule has 0 saturated heterocycles. The molecule has 0 aliphatic heterocycles. The molecule has 4 heteroatoms. The molecule has 0 radical (unpaired) electrons. The van der Waals surface area contributed by atoms with Gasteiger partial charge in [0.2, 0.25) is 0 Å². The van der Waals surface area contributed by atoms with E-state index in [2.05, 4.69) is 16.9 Å². The molecule has 1 heterocycles.